The number of fused-ring (bicyclic) bond motifs is 2. The Bertz CT molecular complexity index is 707. The molecule has 8 heteroatoms. The van der Waals surface area contributed by atoms with Crippen LogP contribution in [0, 0.1) is 0 Å². The molecule has 25 heavy (non-hydrogen) atoms. The number of aliphatic hydroxyl groups is 1. The van der Waals surface area contributed by atoms with Crippen LogP contribution in [0.25, 0.3) is 0 Å². The molecule has 0 spiro atoms. The van der Waals surface area contributed by atoms with Gasteiger partial charge in [-0.25, -0.2) is 4.79 Å². The fourth-order valence-electron chi connectivity index (χ4n) is 3.06. The van der Waals surface area contributed by atoms with Crippen LogP contribution in [0.5, 0.6) is 0 Å². The monoisotopic (exact) mass is 399 g/mol. The van der Waals surface area contributed by atoms with Crippen molar-refractivity contribution < 1.29 is 19.4 Å². The Morgan fingerprint density at radius 1 is 1.32 bits per heavy atom. The number of aliphatic hydroxyl groups excluding tert-OH is 1. The summed E-state index contributed by atoms with van der Waals surface area (Å²) in [5.41, 5.74) is 0.945. The van der Waals surface area contributed by atoms with E-state index in [0.717, 1.165) is 0 Å². The van der Waals surface area contributed by atoms with Gasteiger partial charge in [-0.05, 0) is 24.3 Å². The van der Waals surface area contributed by atoms with E-state index in [9.17, 15) is 14.7 Å². The lowest BCUT2D eigenvalue weighted by molar-refractivity contribution is -0.135. The summed E-state index contributed by atoms with van der Waals surface area (Å²) in [5, 5.41) is 10.1. The van der Waals surface area contributed by atoms with Gasteiger partial charge in [0.1, 0.15) is 4.91 Å². The smallest absolute Gasteiger partial charge is 0.344 e. The molecule has 2 atom stereocenters. The van der Waals surface area contributed by atoms with Gasteiger partial charge in [-0.15, -0.1) is 23.5 Å². The van der Waals surface area contributed by atoms with Crippen LogP contribution < -0.4 is 0 Å². The van der Waals surface area contributed by atoms with Crippen LogP contribution in [0.3, 0.4) is 0 Å². The Morgan fingerprint density at radius 3 is 2.68 bits per heavy atom. The summed E-state index contributed by atoms with van der Waals surface area (Å²) in [6.45, 7) is 0.475. The fraction of sp³-hybridized carbons (Fsp3) is 0.412. The Labute approximate surface area is 159 Å². The minimum absolute atomic E-state index is 0.00813. The van der Waals surface area contributed by atoms with Crippen molar-refractivity contribution in [2.75, 3.05) is 31.8 Å². The number of rotatable bonds is 5. The zero-order valence-electron chi connectivity index (χ0n) is 13.6. The SMILES string of the molecule is COC(=O)C1=C(C(=O)c2ccc(Cl)cc2)C2CSC(CS1)N2CCO. The number of thioether (sulfide) groups is 2. The van der Waals surface area contributed by atoms with Crippen LogP contribution in [0.2, 0.25) is 5.02 Å². The number of ether oxygens (including phenoxy) is 1. The minimum Gasteiger partial charge on any atom is -0.465 e. The van der Waals surface area contributed by atoms with Gasteiger partial charge in [0.2, 0.25) is 0 Å². The molecule has 1 aromatic rings. The van der Waals surface area contributed by atoms with Crippen LogP contribution in [0.4, 0.5) is 0 Å². The molecule has 1 N–H and O–H groups in total. The lowest BCUT2D eigenvalue weighted by Crippen LogP contribution is -2.41. The molecule has 2 aliphatic heterocycles. The first-order valence-electron chi connectivity index (χ1n) is 7.80. The van der Waals surface area contributed by atoms with Crippen molar-refractivity contribution in [3.8, 4) is 0 Å². The number of nitrogens with zero attached hydrogens (tertiary/aromatic N) is 1. The largest absolute Gasteiger partial charge is 0.465 e. The van der Waals surface area contributed by atoms with E-state index in [0.29, 0.717) is 39.1 Å². The molecule has 2 unspecified atom stereocenters. The second kappa shape index (κ2) is 8.14. The quantitative estimate of drug-likeness (QED) is 0.602. The third-order valence-corrected chi connectivity index (χ3v) is 7.20. The van der Waals surface area contributed by atoms with Crippen LogP contribution in [-0.2, 0) is 9.53 Å². The van der Waals surface area contributed by atoms with Crippen molar-refractivity contribution in [3.63, 3.8) is 0 Å². The maximum absolute atomic E-state index is 13.2. The van der Waals surface area contributed by atoms with Crippen molar-refractivity contribution in [1.29, 1.82) is 0 Å². The highest BCUT2D eigenvalue weighted by atomic mass is 35.5. The number of hydrogen-bond donors (Lipinski definition) is 1. The molecular weight excluding hydrogens is 382 g/mol. The number of hydrogen-bond acceptors (Lipinski definition) is 7. The predicted octanol–water partition coefficient (Wildman–Crippen LogP) is 2.43. The van der Waals surface area contributed by atoms with E-state index in [-0.39, 0.29) is 23.8 Å². The molecular formula is C17H18ClNO4S2. The van der Waals surface area contributed by atoms with E-state index in [2.05, 4.69) is 4.90 Å². The summed E-state index contributed by atoms with van der Waals surface area (Å²) < 4.78 is 4.92. The van der Waals surface area contributed by atoms with Crippen molar-refractivity contribution in [2.24, 2.45) is 0 Å². The highest BCUT2D eigenvalue weighted by Gasteiger charge is 2.43. The van der Waals surface area contributed by atoms with Gasteiger partial charge in [0, 0.05) is 34.2 Å². The number of benzene rings is 1. The van der Waals surface area contributed by atoms with Crippen LogP contribution >= 0.6 is 35.1 Å². The van der Waals surface area contributed by atoms with Gasteiger partial charge < -0.3 is 9.84 Å². The first kappa shape index (κ1) is 18.8. The van der Waals surface area contributed by atoms with E-state index in [4.69, 9.17) is 16.3 Å². The highest BCUT2D eigenvalue weighted by Crippen LogP contribution is 2.43. The predicted molar refractivity (Wildman–Crippen MR) is 101 cm³/mol. The molecule has 0 aromatic heterocycles. The van der Waals surface area contributed by atoms with Gasteiger partial charge in [0.25, 0.3) is 0 Å². The topological polar surface area (TPSA) is 66.8 Å². The molecule has 3 rings (SSSR count). The fourth-order valence-corrected chi connectivity index (χ4v) is 6.07. The van der Waals surface area contributed by atoms with Gasteiger partial charge in [0.05, 0.1) is 25.1 Å². The van der Waals surface area contributed by atoms with Gasteiger partial charge in [-0.3, -0.25) is 9.69 Å². The lowest BCUT2D eigenvalue weighted by Gasteiger charge is -2.27. The molecule has 0 amide bonds. The Morgan fingerprint density at radius 2 is 2.04 bits per heavy atom. The van der Waals surface area contributed by atoms with Crippen molar-refractivity contribution in [3.05, 3.63) is 45.3 Å². The van der Waals surface area contributed by atoms with Gasteiger partial charge >= 0.3 is 5.97 Å². The number of carbonyl (C=O) groups excluding carboxylic acids is 2. The van der Waals surface area contributed by atoms with Crippen LogP contribution in [-0.4, -0.2) is 64.9 Å². The minimum atomic E-state index is -0.483. The normalized spacial score (nSPS) is 23.5. The van der Waals surface area contributed by atoms with E-state index in [1.165, 1.54) is 18.9 Å². The molecule has 0 radical (unpaired) electrons. The standard InChI is InChI=1S/C17H18ClNO4S2/c1-23-17(22)16-14(15(21)10-2-4-11(18)5-3-10)12-8-24-13(9-25-16)19(12)6-7-20/h2-5,12-13,20H,6-9H2,1H3. The first-order chi connectivity index (χ1) is 12.1. The first-order valence-corrected chi connectivity index (χ1v) is 10.2. The summed E-state index contributed by atoms with van der Waals surface area (Å²) >= 11 is 9.02. The third kappa shape index (κ3) is 3.75. The molecule has 0 aliphatic carbocycles. The molecule has 1 aromatic carbocycles. The zero-order valence-corrected chi connectivity index (χ0v) is 16.0. The molecule has 2 heterocycles. The van der Waals surface area contributed by atoms with Crippen LogP contribution in [0.1, 0.15) is 10.4 Å². The van der Waals surface area contributed by atoms with Gasteiger partial charge in [-0.1, -0.05) is 11.6 Å². The summed E-state index contributed by atoms with van der Waals surface area (Å²) in [6, 6.07) is 6.44. The number of Topliss-reactive ketones (excluding diaryl/α,β-unsaturated/α-hetero) is 1. The van der Waals surface area contributed by atoms with Crippen LogP contribution in [0.15, 0.2) is 34.7 Å². The highest BCUT2D eigenvalue weighted by molar-refractivity contribution is 8.06. The van der Waals surface area contributed by atoms with Crippen molar-refractivity contribution >= 4 is 46.9 Å². The van der Waals surface area contributed by atoms with Gasteiger partial charge in [0.15, 0.2) is 5.78 Å². The van der Waals surface area contributed by atoms with E-state index >= 15 is 0 Å². The summed E-state index contributed by atoms with van der Waals surface area (Å²) in [4.78, 5) is 28.0. The summed E-state index contributed by atoms with van der Waals surface area (Å²) in [7, 11) is 1.32. The Kier molecular flexibility index (Phi) is 6.12. The number of esters is 1. The van der Waals surface area contributed by atoms with E-state index in [1.54, 1.807) is 36.0 Å². The average Bonchev–Trinajstić information content (AvgIpc) is 2.91. The molecule has 1 saturated heterocycles. The Hall–Kier alpha value is -0.990. The van der Waals surface area contributed by atoms with E-state index < -0.39 is 5.97 Å². The summed E-state index contributed by atoms with van der Waals surface area (Å²) in [5.74, 6) is 0.702. The number of carbonyl (C=O) groups is 2. The molecule has 0 saturated carbocycles. The zero-order chi connectivity index (χ0) is 18.0. The Balaban J connectivity index is 2.07. The van der Waals surface area contributed by atoms with Crippen molar-refractivity contribution in [1.82, 2.24) is 4.90 Å². The molecule has 1 fully saturated rings. The average molecular weight is 400 g/mol. The summed E-state index contributed by atoms with van der Waals surface area (Å²) in [6.07, 6.45) is 0. The third-order valence-electron chi connectivity index (χ3n) is 4.24. The molecule has 134 valence electrons. The lowest BCUT2D eigenvalue weighted by atomic mass is 9.96. The maximum atomic E-state index is 13.2. The maximum Gasteiger partial charge on any atom is 0.344 e. The van der Waals surface area contributed by atoms with E-state index in [1.807, 2.05) is 0 Å². The number of halogens is 1. The van der Waals surface area contributed by atoms with Crippen molar-refractivity contribution in [2.45, 2.75) is 11.4 Å². The van der Waals surface area contributed by atoms with Gasteiger partial charge in [-0.2, -0.15) is 0 Å². The second-order valence-electron chi connectivity index (χ2n) is 5.65. The number of methoxy groups -OCH3 is 1. The number of ketones is 1. The molecule has 2 bridgehead atoms. The molecule has 2 aliphatic rings. The second-order valence-corrected chi connectivity index (χ2v) is 8.32. The molecule has 5 nitrogen and oxygen atoms in total.